The van der Waals surface area contributed by atoms with Crippen LogP contribution in [-0.4, -0.2) is 29.9 Å². The van der Waals surface area contributed by atoms with Crippen molar-refractivity contribution in [3.63, 3.8) is 0 Å². The first kappa shape index (κ1) is 19.4. The first-order chi connectivity index (χ1) is 12.9. The molecule has 27 heavy (non-hydrogen) atoms. The van der Waals surface area contributed by atoms with Crippen LogP contribution in [0.3, 0.4) is 0 Å². The van der Waals surface area contributed by atoms with Gasteiger partial charge in [-0.3, -0.25) is 9.59 Å². The quantitative estimate of drug-likeness (QED) is 0.751. The molecule has 2 amide bonds. The fourth-order valence-electron chi connectivity index (χ4n) is 3.75. The summed E-state index contributed by atoms with van der Waals surface area (Å²) in [4.78, 5) is 37.5. The number of rotatable bonds is 6. The molecular formula is C21H28N2O4. The zero-order valence-electron chi connectivity index (χ0n) is 16.0. The summed E-state index contributed by atoms with van der Waals surface area (Å²) in [5.41, 5.74) is 0.0695. The Morgan fingerprint density at radius 2 is 1.89 bits per heavy atom. The summed E-state index contributed by atoms with van der Waals surface area (Å²) in [6.45, 7) is 4.10. The lowest BCUT2D eigenvalue weighted by Crippen LogP contribution is -2.56. The highest BCUT2D eigenvalue weighted by Gasteiger charge is 2.42. The zero-order valence-corrected chi connectivity index (χ0v) is 16.0. The summed E-state index contributed by atoms with van der Waals surface area (Å²) in [5, 5.41) is 5.80. The van der Waals surface area contributed by atoms with E-state index in [1.807, 2.05) is 6.92 Å². The molecule has 6 nitrogen and oxygen atoms in total. The topological polar surface area (TPSA) is 84.5 Å². The van der Waals surface area contributed by atoms with E-state index in [1.54, 1.807) is 31.2 Å². The van der Waals surface area contributed by atoms with Crippen molar-refractivity contribution in [3.05, 3.63) is 29.8 Å². The molecule has 0 unspecified atom stereocenters. The summed E-state index contributed by atoms with van der Waals surface area (Å²) < 4.78 is 5.23. The Bertz CT molecular complexity index is 725. The van der Waals surface area contributed by atoms with Crippen LogP contribution in [0.15, 0.2) is 24.3 Å². The van der Waals surface area contributed by atoms with Crippen molar-refractivity contribution in [1.29, 1.82) is 0 Å². The van der Waals surface area contributed by atoms with Crippen LogP contribution < -0.4 is 10.6 Å². The third kappa shape index (κ3) is 4.49. The Balaban J connectivity index is 1.71. The van der Waals surface area contributed by atoms with Gasteiger partial charge >= 0.3 is 5.97 Å². The van der Waals surface area contributed by atoms with Gasteiger partial charge in [-0.05, 0) is 50.3 Å². The molecule has 2 atom stereocenters. The molecule has 0 aliphatic heterocycles. The summed E-state index contributed by atoms with van der Waals surface area (Å²) in [5.74, 6) is -0.189. The summed E-state index contributed by atoms with van der Waals surface area (Å²) in [7, 11) is 0. The first-order valence-electron chi connectivity index (χ1n) is 9.86. The largest absolute Gasteiger partial charge is 0.464 e. The van der Waals surface area contributed by atoms with E-state index in [0.29, 0.717) is 30.0 Å². The number of hydrogen-bond donors (Lipinski definition) is 2. The van der Waals surface area contributed by atoms with Crippen molar-refractivity contribution in [3.8, 4) is 0 Å². The molecular weight excluding hydrogens is 344 g/mol. The lowest BCUT2D eigenvalue weighted by atomic mass is 9.81. The molecule has 0 saturated heterocycles. The predicted molar refractivity (Wildman–Crippen MR) is 102 cm³/mol. The van der Waals surface area contributed by atoms with Crippen LogP contribution in [0, 0.1) is 11.8 Å². The minimum absolute atomic E-state index is 0.00432. The molecule has 0 aromatic heterocycles. The molecule has 0 heterocycles. The van der Waals surface area contributed by atoms with Crippen LogP contribution in [0.1, 0.15) is 62.7 Å². The van der Waals surface area contributed by atoms with E-state index in [9.17, 15) is 14.4 Å². The monoisotopic (exact) mass is 372 g/mol. The zero-order chi connectivity index (χ0) is 19.4. The third-order valence-electron chi connectivity index (χ3n) is 5.56. The van der Waals surface area contributed by atoms with E-state index in [0.717, 1.165) is 25.7 Å². The van der Waals surface area contributed by atoms with Gasteiger partial charge in [0.05, 0.1) is 6.61 Å². The van der Waals surface area contributed by atoms with Crippen molar-refractivity contribution >= 4 is 23.5 Å². The number of esters is 1. The van der Waals surface area contributed by atoms with Crippen LogP contribution in [0.2, 0.25) is 0 Å². The highest BCUT2D eigenvalue weighted by atomic mass is 16.5. The second-order valence-corrected chi connectivity index (χ2v) is 7.71. The number of carbonyl (C=O) groups is 3. The second kappa shape index (κ2) is 8.11. The van der Waals surface area contributed by atoms with Gasteiger partial charge in [0.1, 0.15) is 5.54 Å². The number of anilines is 1. The Kier molecular flexibility index (Phi) is 5.82. The fraction of sp³-hybridized carbons (Fsp3) is 0.571. The Labute approximate surface area is 160 Å². The van der Waals surface area contributed by atoms with E-state index >= 15 is 0 Å². The van der Waals surface area contributed by atoms with Crippen molar-refractivity contribution in [1.82, 2.24) is 5.32 Å². The van der Waals surface area contributed by atoms with Crippen molar-refractivity contribution in [2.45, 2.75) is 57.9 Å². The average Bonchev–Trinajstić information content (AvgIpc) is 3.40. The van der Waals surface area contributed by atoms with Gasteiger partial charge in [-0.15, -0.1) is 0 Å². The van der Waals surface area contributed by atoms with E-state index in [1.165, 1.54) is 0 Å². The van der Waals surface area contributed by atoms with Crippen LogP contribution in [0.25, 0.3) is 0 Å². The number of ether oxygens (including phenoxy) is 1. The Hall–Kier alpha value is -2.37. The van der Waals surface area contributed by atoms with Crippen molar-refractivity contribution in [2.75, 3.05) is 11.9 Å². The van der Waals surface area contributed by atoms with Gasteiger partial charge in [0.25, 0.3) is 5.91 Å². The van der Waals surface area contributed by atoms with Crippen LogP contribution in [-0.2, 0) is 14.3 Å². The Morgan fingerprint density at radius 3 is 2.52 bits per heavy atom. The van der Waals surface area contributed by atoms with Crippen molar-refractivity contribution in [2.24, 2.45) is 11.8 Å². The maximum absolute atomic E-state index is 12.8. The van der Waals surface area contributed by atoms with Crippen LogP contribution in [0.5, 0.6) is 0 Å². The molecule has 1 aromatic carbocycles. The Morgan fingerprint density at radius 1 is 1.19 bits per heavy atom. The normalized spacial score (nSPS) is 23.2. The first-order valence-corrected chi connectivity index (χ1v) is 9.86. The van der Waals surface area contributed by atoms with Gasteiger partial charge in [0, 0.05) is 17.2 Å². The third-order valence-corrected chi connectivity index (χ3v) is 5.56. The van der Waals surface area contributed by atoms with Gasteiger partial charge in [-0.25, -0.2) is 4.79 Å². The molecule has 2 aliphatic rings. The molecule has 0 spiro atoms. The van der Waals surface area contributed by atoms with Gasteiger partial charge in [-0.1, -0.05) is 32.3 Å². The molecule has 2 N–H and O–H groups in total. The fourth-order valence-corrected chi connectivity index (χ4v) is 3.75. The minimum Gasteiger partial charge on any atom is -0.464 e. The summed E-state index contributed by atoms with van der Waals surface area (Å²) in [6, 6.07) is 6.84. The number of nitrogens with one attached hydrogen (secondary N) is 2. The van der Waals surface area contributed by atoms with Crippen molar-refractivity contribution < 1.29 is 19.1 Å². The smallest absolute Gasteiger partial charge is 0.331 e. The van der Waals surface area contributed by atoms with Crippen LogP contribution in [0.4, 0.5) is 5.69 Å². The minimum atomic E-state index is -0.950. The van der Waals surface area contributed by atoms with E-state index in [2.05, 4.69) is 10.6 Å². The van der Waals surface area contributed by atoms with Gasteiger partial charge < -0.3 is 15.4 Å². The average molecular weight is 372 g/mol. The predicted octanol–water partition coefficient (Wildman–Crippen LogP) is 3.28. The molecule has 1 aromatic rings. The van der Waals surface area contributed by atoms with Gasteiger partial charge in [0.15, 0.2) is 0 Å². The number of amides is 2. The van der Waals surface area contributed by atoms with E-state index in [-0.39, 0.29) is 30.3 Å². The molecule has 3 rings (SSSR count). The maximum Gasteiger partial charge on any atom is 0.331 e. The maximum atomic E-state index is 12.8. The van der Waals surface area contributed by atoms with Gasteiger partial charge in [0.2, 0.25) is 5.91 Å². The molecule has 6 heteroatoms. The lowest BCUT2D eigenvalue weighted by molar-refractivity contribution is -0.152. The second-order valence-electron chi connectivity index (χ2n) is 7.71. The molecule has 2 saturated carbocycles. The SMILES string of the molecule is CCOC(=O)C1(NC(=O)c2cccc(NC(=O)[C@@H]3C[C@@H]3C)c2)CCCCC1. The molecule has 0 radical (unpaired) electrons. The highest BCUT2D eigenvalue weighted by Crippen LogP contribution is 2.38. The summed E-state index contributed by atoms with van der Waals surface area (Å²) >= 11 is 0. The molecule has 0 bridgehead atoms. The summed E-state index contributed by atoms with van der Waals surface area (Å²) in [6.07, 6.45) is 4.91. The van der Waals surface area contributed by atoms with Gasteiger partial charge in [-0.2, -0.15) is 0 Å². The molecule has 2 fully saturated rings. The molecule has 146 valence electrons. The van der Waals surface area contributed by atoms with E-state index in [4.69, 9.17) is 4.74 Å². The highest BCUT2D eigenvalue weighted by molar-refractivity contribution is 6.00. The standard InChI is InChI=1S/C21H28N2O4/c1-3-27-20(26)21(10-5-4-6-11-21)23-18(24)15-8-7-9-16(13-15)22-19(25)17-12-14(17)2/h7-9,13-14,17H,3-6,10-12H2,1-2H3,(H,22,25)(H,23,24)/t14-,17+/m0/s1. The molecule has 2 aliphatic carbocycles. The lowest BCUT2D eigenvalue weighted by Gasteiger charge is -2.35. The number of hydrogen-bond acceptors (Lipinski definition) is 4. The van der Waals surface area contributed by atoms with E-state index < -0.39 is 5.54 Å². The number of benzene rings is 1. The number of carbonyl (C=O) groups excluding carboxylic acids is 3. The van der Waals surface area contributed by atoms with Crippen LogP contribution >= 0.6 is 0 Å².